The molecule has 1 aromatic rings. The fourth-order valence-corrected chi connectivity index (χ4v) is 0.883. The molecule has 0 unspecified atom stereocenters. The van der Waals surface area contributed by atoms with Gasteiger partial charge in [0.15, 0.2) is 0 Å². The standard InChI is InChI=1S/C7H8N2O3/c1-4-3-8-9-7(12)5(4)2-6(10)11/h3H,2H2,1H3,(H,9,12)(H,10,11). The summed E-state index contributed by atoms with van der Waals surface area (Å²) in [5.41, 5.74) is 0.427. The Balaban J connectivity index is 3.13. The smallest absolute Gasteiger partial charge is 0.308 e. The zero-order valence-electron chi connectivity index (χ0n) is 6.50. The van der Waals surface area contributed by atoms with E-state index in [-0.39, 0.29) is 12.0 Å². The van der Waals surface area contributed by atoms with Gasteiger partial charge in [0.2, 0.25) is 0 Å². The van der Waals surface area contributed by atoms with Crippen LogP contribution >= 0.6 is 0 Å². The van der Waals surface area contributed by atoms with Gasteiger partial charge in [0, 0.05) is 5.56 Å². The van der Waals surface area contributed by atoms with E-state index < -0.39 is 11.5 Å². The number of rotatable bonds is 2. The molecule has 1 aromatic heterocycles. The molecule has 0 atom stereocenters. The highest BCUT2D eigenvalue weighted by molar-refractivity contribution is 5.70. The summed E-state index contributed by atoms with van der Waals surface area (Å²) in [6.07, 6.45) is 1.17. The number of aromatic nitrogens is 2. The van der Waals surface area contributed by atoms with E-state index in [4.69, 9.17) is 5.11 Å². The normalized spacial score (nSPS) is 9.75. The Hall–Kier alpha value is -1.65. The van der Waals surface area contributed by atoms with Gasteiger partial charge in [-0.05, 0) is 12.5 Å². The van der Waals surface area contributed by atoms with Gasteiger partial charge in [0.1, 0.15) is 0 Å². The lowest BCUT2D eigenvalue weighted by molar-refractivity contribution is -0.136. The summed E-state index contributed by atoms with van der Waals surface area (Å²) in [6.45, 7) is 1.65. The van der Waals surface area contributed by atoms with E-state index in [0.717, 1.165) is 0 Å². The van der Waals surface area contributed by atoms with Gasteiger partial charge in [-0.1, -0.05) is 0 Å². The van der Waals surface area contributed by atoms with Crippen molar-refractivity contribution in [1.29, 1.82) is 0 Å². The Morgan fingerprint density at radius 2 is 2.42 bits per heavy atom. The summed E-state index contributed by atoms with van der Waals surface area (Å²) >= 11 is 0. The Bertz CT molecular complexity index is 356. The minimum atomic E-state index is -1.02. The minimum absolute atomic E-state index is 0.260. The fourth-order valence-electron chi connectivity index (χ4n) is 0.883. The van der Waals surface area contributed by atoms with Crippen molar-refractivity contribution in [3.05, 3.63) is 27.7 Å². The average Bonchev–Trinajstić information content (AvgIpc) is 1.97. The van der Waals surface area contributed by atoms with E-state index in [1.54, 1.807) is 6.92 Å². The van der Waals surface area contributed by atoms with E-state index in [1.165, 1.54) is 6.20 Å². The molecule has 1 heterocycles. The largest absolute Gasteiger partial charge is 0.481 e. The van der Waals surface area contributed by atoms with Gasteiger partial charge >= 0.3 is 5.97 Å². The number of carbonyl (C=O) groups is 1. The summed E-state index contributed by atoms with van der Waals surface area (Å²) in [4.78, 5) is 21.3. The molecule has 0 radical (unpaired) electrons. The second-order valence-corrected chi connectivity index (χ2v) is 2.43. The van der Waals surface area contributed by atoms with Crippen LogP contribution in [0.2, 0.25) is 0 Å². The molecule has 12 heavy (non-hydrogen) atoms. The van der Waals surface area contributed by atoms with Gasteiger partial charge in [0.25, 0.3) is 5.56 Å². The van der Waals surface area contributed by atoms with E-state index >= 15 is 0 Å². The summed E-state index contributed by atoms with van der Waals surface area (Å²) < 4.78 is 0. The Kier molecular flexibility index (Phi) is 2.23. The van der Waals surface area contributed by atoms with Gasteiger partial charge in [-0.3, -0.25) is 9.59 Å². The number of nitrogens with zero attached hydrogens (tertiary/aromatic N) is 1. The highest BCUT2D eigenvalue weighted by Crippen LogP contribution is 1.98. The predicted octanol–water partition coefficient (Wildman–Crippen LogP) is -0.295. The maximum atomic E-state index is 11.0. The number of aliphatic carboxylic acids is 1. The van der Waals surface area contributed by atoms with Gasteiger partial charge in [0.05, 0.1) is 12.6 Å². The van der Waals surface area contributed by atoms with Crippen molar-refractivity contribution >= 4 is 5.97 Å². The van der Waals surface area contributed by atoms with Crippen LogP contribution in [0.1, 0.15) is 11.1 Å². The maximum absolute atomic E-state index is 11.0. The van der Waals surface area contributed by atoms with Crippen molar-refractivity contribution < 1.29 is 9.90 Å². The van der Waals surface area contributed by atoms with Crippen LogP contribution in [-0.2, 0) is 11.2 Å². The van der Waals surface area contributed by atoms with Crippen LogP contribution in [0.15, 0.2) is 11.0 Å². The highest BCUT2D eigenvalue weighted by atomic mass is 16.4. The van der Waals surface area contributed by atoms with Crippen molar-refractivity contribution in [2.75, 3.05) is 0 Å². The topological polar surface area (TPSA) is 83.0 Å². The van der Waals surface area contributed by atoms with Crippen molar-refractivity contribution in [2.24, 2.45) is 0 Å². The van der Waals surface area contributed by atoms with E-state index in [1.807, 2.05) is 0 Å². The predicted molar refractivity (Wildman–Crippen MR) is 40.9 cm³/mol. The molecule has 0 amide bonds. The lowest BCUT2D eigenvalue weighted by Crippen LogP contribution is -2.18. The fraction of sp³-hybridized carbons (Fsp3) is 0.286. The molecule has 1 rings (SSSR count). The number of hydrogen-bond acceptors (Lipinski definition) is 3. The molecular formula is C7H8N2O3. The number of carboxylic acids is 1. The number of hydrogen-bond donors (Lipinski definition) is 2. The molecule has 2 N–H and O–H groups in total. The van der Waals surface area contributed by atoms with Crippen LogP contribution in [0.25, 0.3) is 0 Å². The summed E-state index contributed by atoms with van der Waals surface area (Å²) in [6, 6.07) is 0. The zero-order chi connectivity index (χ0) is 9.14. The Morgan fingerprint density at radius 1 is 1.75 bits per heavy atom. The second kappa shape index (κ2) is 3.17. The van der Waals surface area contributed by atoms with Gasteiger partial charge in [-0.25, -0.2) is 5.10 Å². The van der Waals surface area contributed by atoms with Crippen LogP contribution in [-0.4, -0.2) is 21.3 Å². The average molecular weight is 168 g/mol. The molecule has 0 bridgehead atoms. The zero-order valence-corrected chi connectivity index (χ0v) is 6.50. The van der Waals surface area contributed by atoms with Crippen LogP contribution < -0.4 is 5.56 Å². The second-order valence-electron chi connectivity index (χ2n) is 2.43. The molecule has 0 saturated carbocycles. The lowest BCUT2D eigenvalue weighted by Gasteiger charge is -1.98. The first-order chi connectivity index (χ1) is 5.61. The van der Waals surface area contributed by atoms with Gasteiger partial charge in [-0.2, -0.15) is 5.10 Å². The van der Waals surface area contributed by atoms with Gasteiger partial charge in [-0.15, -0.1) is 0 Å². The van der Waals surface area contributed by atoms with Crippen LogP contribution in [0, 0.1) is 6.92 Å². The maximum Gasteiger partial charge on any atom is 0.308 e. The molecule has 0 spiro atoms. The molecule has 0 aliphatic heterocycles. The number of nitrogens with one attached hydrogen (secondary N) is 1. The Labute approximate surface area is 68.1 Å². The molecule has 0 saturated heterocycles. The van der Waals surface area contributed by atoms with Gasteiger partial charge < -0.3 is 5.11 Å². The number of H-pyrrole nitrogens is 1. The van der Waals surface area contributed by atoms with Crippen molar-refractivity contribution in [3.63, 3.8) is 0 Å². The molecule has 5 heteroatoms. The third-order valence-electron chi connectivity index (χ3n) is 1.50. The SMILES string of the molecule is Cc1cn[nH]c(=O)c1CC(=O)O. The molecule has 0 fully saturated rings. The third kappa shape index (κ3) is 1.69. The number of aryl methyl sites for hydroxylation is 1. The van der Waals surface area contributed by atoms with Crippen molar-refractivity contribution in [3.8, 4) is 0 Å². The first kappa shape index (κ1) is 8.45. The number of aromatic amines is 1. The first-order valence-electron chi connectivity index (χ1n) is 3.36. The molecule has 0 aromatic carbocycles. The number of carboxylic acid groups (broad SMARTS) is 1. The molecule has 0 aliphatic rings. The van der Waals surface area contributed by atoms with E-state index in [0.29, 0.717) is 5.56 Å². The van der Waals surface area contributed by atoms with Crippen molar-refractivity contribution in [2.45, 2.75) is 13.3 Å². The molecule has 64 valence electrons. The quantitative estimate of drug-likeness (QED) is 0.635. The molecule has 5 nitrogen and oxygen atoms in total. The summed E-state index contributed by atoms with van der Waals surface area (Å²) in [5.74, 6) is -1.02. The van der Waals surface area contributed by atoms with Crippen LogP contribution in [0.5, 0.6) is 0 Å². The monoisotopic (exact) mass is 168 g/mol. The molecular weight excluding hydrogens is 160 g/mol. The Morgan fingerprint density at radius 3 is 2.92 bits per heavy atom. The van der Waals surface area contributed by atoms with E-state index in [2.05, 4.69) is 10.2 Å². The molecule has 0 aliphatic carbocycles. The summed E-state index contributed by atoms with van der Waals surface area (Å²) in [5, 5.41) is 14.1. The lowest BCUT2D eigenvalue weighted by atomic mass is 10.1. The summed E-state index contributed by atoms with van der Waals surface area (Å²) in [7, 11) is 0. The third-order valence-corrected chi connectivity index (χ3v) is 1.50. The van der Waals surface area contributed by atoms with Crippen LogP contribution in [0.3, 0.4) is 0 Å². The van der Waals surface area contributed by atoms with E-state index in [9.17, 15) is 9.59 Å². The highest BCUT2D eigenvalue weighted by Gasteiger charge is 2.07. The minimum Gasteiger partial charge on any atom is -0.481 e. The van der Waals surface area contributed by atoms with Crippen molar-refractivity contribution in [1.82, 2.24) is 10.2 Å². The first-order valence-corrected chi connectivity index (χ1v) is 3.36. The van der Waals surface area contributed by atoms with Crippen LogP contribution in [0.4, 0.5) is 0 Å².